The number of rotatable bonds is 3. The number of aromatic amines is 1. The molecule has 0 bridgehead atoms. The minimum absolute atomic E-state index is 0.634. The Bertz CT molecular complexity index is 386. The van der Waals surface area contributed by atoms with Crippen LogP contribution in [0, 0.1) is 6.92 Å². The summed E-state index contributed by atoms with van der Waals surface area (Å²) in [5.74, 6) is 0. The van der Waals surface area contributed by atoms with Crippen molar-refractivity contribution in [2.75, 3.05) is 0 Å². The summed E-state index contributed by atoms with van der Waals surface area (Å²) >= 11 is 0. The Morgan fingerprint density at radius 2 is 2.29 bits per heavy atom. The predicted molar refractivity (Wildman–Crippen MR) is 57.9 cm³/mol. The van der Waals surface area contributed by atoms with Gasteiger partial charge in [0.15, 0.2) is 6.29 Å². The highest BCUT2D eigenvalue weighted by Crippen LogP contribution is 2.14. The van der Waals surface area contributed by atoms with Crippen molar-refractivity contribution in [1.82, 2.24) is 4.98 Å². The third-order valence-electron chi connectivity index (χ3n) is 1.96. The van der Waals surface area contributed by atoms with E-state index in [-0.39, 0.29) is 0 Å². The zero-order valence-electron chi connectivity index (χ0n) is 8.37. The first-order valence-electron chi connectivity index (χ1n) is 4.42. The van der Waals surface area contributed by atoms with Gasteiger partial charge < -0.3 is 10.7 Å². The summed E-state index contributed by atoms with van der Waals surface area (Å²) in [5.41, 5.74) is 8.78. The standard InChI is InChI=1S/C11H14N2O/c1-3-4-10(12)5-11-8(2)13-6-9(11)7-14/h3-7,13H,12H2,1-2H3/b4-3-,10-5+. The molecule has 0 aliphatic rings. The van der Waals surface area contributed by atoms with E-state index in [1.807, 2.05) is 19.9 Å². The predicted octanol–water partition coefficient (Wildman–Crippen LogP) is 2.01. The van der Waals surface area contributed by atoms with E-state index >= 15 is 0 Å². The van der Waals surface area contributed by atoms with Crippen molar-refractivity contribution in [3.05, 3.63) is 40.9 Å². The molecule has 3 nitrogen and oxygen atoms in total. The first-order valence-corrected chi connectivity index (χ1v) is 4.42. The summed E-state index contributed by atoms with van der Waals surface area (Å²) in [7, 11) is 0. The normalized spacial score (nSPS) is 12.3. The fourth-order valence-electron chi connectivity index (χ4n) is 1.25. The van der Waals surface area contributed by atoms with Gasteiger partial charge in [-0.3, -0.25) is 4.79 Å². The fraction of sp³-hybridized carbons (Fsp3) is 0.182. The summed E-state index contributed by atoms with van der Waals surface area (Å²) in [4.78, 5) is 13.7. The second-order valence-corrected chi connectivity index (χ2v) is 3.04. The minimum Gasteiger partial charge on any atom is -0.399 e. The number of hydrogen-bond acceptors (Lipinski definition) is 2. The molecule has 0 saturated heterocycles. The molecule has 0 amide bonds. The largest absolute Gasteiger partial charge is 0.399 e. The first-order chi connectivity index (χ1) is 6.69. The number of carbonyl (C=O) groups is 1. The molecule has 1 aromatic rings. The van der Waals surface area contributed by atoms with E-state index < -0.39 is 0 Å². The van der Waals surface area contributed by atoms with Crippen molar-refractivity contribution < 1.29 is 4.79 Å². The highest BCUT2D eigenvalue weighted by molar-refractivity contribution is 5.83. The summed E-state index contributed by atoms with van der Waals surface area (Å²) in [6.45, 7) is 3.80. The number of nitrogens with two attached hydrogens (primary N) is 1. The number of aromatic nitrogens is 1. The molecule has 0 fully saturated rings. The van der Waals surface area contributed by atoms with Crippen LogP contribution in [0.4, 0.5) is 0 Å². The molecule has 0 atom stereocenters. The van der Waals surface area contributed by atoms with Gasteiger partial charge in [0, 0.05) is 28.7 Å². The summed E-state index contributed by atoms with van der Waals surface area (Å²) < 4.78 is 0. The molecule has 74 valence electrons. The molecule has 0 saturated carbocycles. The van der Waals surface area contributed by atoms with Crippen molar-refractivity contribution in [1.29, 1.82) is 0 Å². The minimum atomic E-state index is 0.634. The van der Waals surface area contributed by atoms with E-state index in [9.17, 15) is 4.79 Å². The lowest BCUT2D eigenvalue weighted by molar-refractivity contribution is 0.112. The van der Waals surface area contributed by atoms with Crippen molar-refractivity contribution >= 4 is 12.4 Å². The smallest absolute Gasteiger partial charge is 0.152 e. The lowest BCUT2D eigenvalue weighted by atomic mass is 10.1. The monoisotopic (exact) mass is 190 g/mol. The lowest BCUT2D eigenvalue weighted by Gasteiger charge is -1.95. The Balaban J connectivity index is 3.11. The van der Waals surface area contributed by atoms with E-state index in [0.717, 1.165) is 17.5 Å². The van der Waals surface area contributed by atoms with Crippen LogP contribution >= 0.6 is 0 Å². The van der Waals surface area contributed by atoms with Crippen LogP contribution in [0.5, 0.6) is 0 Å². The number of allylic oxidation sites excluding steroid dienone is 2. The van der Waals surface area contributed by atoms with Gasteiger partial charge in [-0.05, 0) is 26.0 Å². The number of H-pyrrole nitrogens is 1. The first kappa shape index (κ1) is 10.3. The molecule has 1 heterocycles. The molecule has 14 heavy (non-hydrogen) atoms. The Morgan fingerprint density at radius 3 is 2.86 bits per heavy atom. The van der Waals surface area contributed by atoms with Crippen LogP contribution < -0.4 is 5.73 Å². The van der Waals surface area contributed by atoms with Gasteiger partial charge in [-0.2, -0.15) is 0 Å². The number of nitrogens with one attached hydrogen (secondary N) is 1. The van der Waals surface area contributed by atoms with Gasteiger partial charge in [-0.25, -0.2) is 0 Å². The van der Waals surface area contributed by atoms with Gasteiger partial charge in [0.05, 0.1) is 0 Å². The molecule has 1 rings (SSSR count). The van der Waals surface area contributed by atoms with Crippen molar-refractivity contribution in [3.63, 3.8) is 0 Å². The molecule has 0 aromatic carbocycles. The molecule has 0 unspecified atom stereocenters. The van der Waals surface area contributed by atoms with Crippen LogP contribution in [0.1, 0.15) is 28.5 Å². The lowest BCUT2D eigenvalue weighted by Crippen LogP contribution is -1.93. The van der Waals surface area contributed by atoms with E-state index in [4.69, 9.17) is 5.73 Å². The van der Waals surface area contributed by atoms with E-state index in [1.165, 1.54) is 0 Å². The van der Waals surface area contributed by atoms with Gasteiger partial charge in [0.25, 0.3) is 0 Å². The second kappa shape index (κ2) is 4.46. The Labute approximate surface area is 83.3 Å². The van der Waals surface area contributed by atoms with Gasteiger partial charge in [-0.15, -0.1) is 0 Å². The van der Waals surface area contributed by atoms with Gasteiger partial charge in [-0.1, -0.05) is 6.08 Å². The molecule has 0 aliphatic heterocycles. The topological polar surface area (TPSA) is 58.9 Å². The van der Waals surface area contributed by atoms with Gasteiger partial charge >= 0.3 is 0 Å². The summed E-state index contributed by atoms with van der Waals surface area (Å²) in [5, 5.41) is 0. The third kappa shape index (κ3) is 2.13. The SMILES string of the molecule is C/C=C\C(N)=C/c1c(C=O)c[nH]c1C. The highest BCUT2D eigenvalue weighted by Gasteiger charge is 2.04. The van der Waals surface area contributed by atoms with E-state index in [0.29, 0.717) is 11.3 Å². The van der Waals surface area contributed by atoms with Gasteiger partial charge in [0.2, 0.25) is 0 Å². The van der Waals surface area contributed by atoms with Crippen molar-refractivity contribution in [3.8, 4) is 0 Å². The maximum Gasteiger partial charge on any atom is 0.152 e. The van der Waals surface area contributed by atoms with Crippen molar-refractivity contribution in [2.24, 2.45) is 5.73 Å². The zero-order chi connectivity index (χ0) is 10.6. The fourth-order valence-corrected chi connectivity index (χ4v) is 1.25. The van der Waals surface area contributed by atoms with E-state index in [1.54, 1.807) is 18.3 Å². The van der Waals surface area contributed by atoms with Crippen LogP contribution in [-0.4, -0.2) is 11.3 Å². The second-order valence-electron chi connectivity index (χ2n) is 3.04. The van der Waals surface area contributed by atoms with Crippen LogP contribution in [0.15, 0.2) is 24.0 Å². The molecule has 0 radical (unpaired) electrons. The quantitative estimate of drug-likeness (QED) is 0.565. The van der Waals surface area contributed by atoms with Crippen molar-refractivity contribution in [2.45, 2.75) is 13.8 Å². The number of carbonyl (C=O) groups excluding carboxylic acids is 1. The summed E-state index contributed by atoms with van der Waals surface area (Å²) in [6.07, 6.45) is 7.93. The van der Waals surface area contributed by atoms with Crippen LogP contribution in [0.25, 0.3) is 6.08 Å². The van der Waals surface area contributed by atoms with Gasteiger partial charge in [0.1, 0.15) is 0 Å². The Kier molecular flexibility index (Phi) is 3.29. The number of aldehydes is 1. The molecule has 1 aromatic heterocycles. The van der Waals surface area contributed by atoms with Crippen LogP contribution in [0.3, 0.4) is 0 Å². The Morgan fingerprint density at radius 1 is 1.57 bits per heavy atom. The molecule has 3 heteroatoms. The average molecular weight is 190 g/mol. The number of aryl methyl sites for hydroxylation is 1. The molecular weight excluding hydrogens is 176 g/mol. The number of hydrogen-bond donors (Lipinski definition) is 2. The highest BCUT2D eigenvalue weighted by atomic mass is 16.1. The average Bonchev–Trinajstić information content (AvgIpc) is 2.48. The Hall–Kier alpha value is -1.77. The molecule has 0 spiro atoms. The van der Waals surface area contributed by atoms with Crippen LogP contribution in [-0.2, 0) is 0 Å². The molecular formula is C11H14N2O. The van der Waals surface area contributed by atoms with E-state index in [2.05, 4.69) is 4.98 Å². The molecule has 3 N–H and O–H groups in total. The zero-order valence-corrected chi connectivity index (χ0v) is 8.37. The van der Waals surface area contributed by atoms with Crippen LogP contribution in [0.2, 0.25) is 0 Å². The maximum absolute atomic E-state index is 10.7. The summed E-state index contributed by atoms with van der Waals surface area (Å²) in [6, 6.07) is 0. The maximum atomic E-state index is 10.7. The third-order valence-corrected chi connectivity index (χ3v) is 1.96. The molecule has 0 aliphatic carbocycles.